The van der Waals surface area contributed by atoms with E-state index in [0.717, 1.165) is 19.2 Å². The summed E-state index contributed by atoms with van der Waals surface area (Å²) in [6, 6.07) is 4.54. The molecule has 0 heterocycles. The van der Waals surface area contributed by atoms with Gasteiger partial charge in [-0.25, -0.2) is 0 Å². The highest BCUT2D eigenvalue weighted by Gasteiger charge is 2.43. The van der Waals surface area contributed by atoms with Crippen LogP contribution in [-0.2, 0) is 23.1 Å². The van der Waals surface area contributed by atoms with Crippen molar-refractivity contribution in [3.8, 4) is 5.75 Å². The van der Waals surface area contributed by atoms with E-state index in [-0.39, 0.29) is 18.8 Å². The number of rotatable bonds is 8. The molecule has 10 heteroatoms. The zero-order valence-corrected chi connectivity index (χ0v) is 14.2. The molecule has 0 aliphatic rings. The largest absolute Gasteiger partial charge is 0.573 e. The van der Waals surface area contributed by atoms with Crippen LogP contribution in [0, 0.1) is 0 Å². The standard InChI is InChI=1S/C14H18F3O6P/c1-4-21-24(19,22-5-2)12(13(18)20-3)10-7-6-8-11(9-10)23-14(15,16)17/h6-9,12H,4-5H2,1-3H3/t12-/m1/s1. The van der Waals surface area contributed by atoms with Crippen LogP contribution in [0.5, 0.6) is 5.75 Å². The number of halogens is 3. The van der Waals surface area contributed by atoms with Crippen LogP contribution in [-0.4, -0.2) is 32.7 Å². The second-order valence-corrected chi connectivity index (χ2v) is 6.53. The van der Waals surface area contributed by atoms with Crippen LogP contribution >= 0.6 is 7.60 Å². The lowest BCUT2D eigenvalue weighted by Gasteiger charge is -2.25. The van der Waals surface area contributed by atoms with E-state index in [1.165, 1.54) is 12.1 Å². The number of benzene rings is 1. The first-order valence-corrected chi connectivity index (χ1v) is 8.60. The lowest BCUT2D eigenvalue weighted by atomic mass is 10.1. The number of hydrogen-bond donors (Lipinski definition) is 0. The first-order valence-electron chi connectivity index (χ1n) is 6.99. The van der Waals surface area contributed by atoms with E-state index >= 15 is 0 Å². The van der Waals surface area contributed by atoms with Gasteiger partial charge in [0.1, 0.15) is 5.75 Å². The molecule has 0 saturated heterocycles. The Labute approximate surface area is 137 Å². The zero-order valence-electron chi connectivity index (χ0n) is 13.3. The summed E-state index contributed by atoms with van der Waals surface area (Å²) >= 11 is 0. The van der Waals surface area contributed by atoms with Crippen molar-refractivity contribution in [3.63, 3.8) is 0 Å². The topological polar surface area (TPSA) is 71.1 Å². The van der Waals surface area contributed by atoms with Gasteiger partial charge in [-0.05, 0) is 31.5 Å². The summed E-state index contributed by atoms with van der Waals surface area (Å²) < 4.78 is 68.6. The number of hydrogen-bond acceptors (Lipinski definition) is 6. The SMILES string of the molecule is CCOP(=O)(OCC)[C@@H](C(=O)OC)c1cccc(OC(F)(F)F)c1. The molecular formula is C14H18F3O6P. The van der Waals surface area contributed by atoms with Crippen LogP contribution in [0.15, 0.2) is 24.3 Å². The van der Waals surface area contributed by atoms with Crippen molar-refractivity contribution < 1.29 is 41.1 Å². The highest BCUT2D eigenvalue weighted by atomic mass is 31.2. The summed E-state index contributed by atoms with van der Waals surface area (Å²) in [6.07, 6.45) is -4.90. The van der Waals surface area contributed by atoms with Gasteiger partial charge in [-0.2, -0.15) is 0 Å². The fourth-order valence-electron chi connectivity index (χ4n) is 1.99. The van der Waals surface area contributed by atoms with E-state index in [2.05, 4.69) is 9.47 Å². The summed E-state index contributed by atoms with van der Waals surface area (Å²) in [5.74, 6) is -1.52. The molecule has 0 amide bonds. The number of carbonyl (C=O) groups excluding carboxylic acids is 1. The molecule has 0 aromatic heterocycles. The van der Waals surface area contributed by atoms with Gasteiger partial charge in [0.25, 0.3) is 0 Å². The van der Waals surface area contributed by atoms with Gasteiger partial charge in [0.2, 0.25) is 0 Å². The number of esters is 1. The Morgan fingerprint density at radius 2 is 1.79 bits per heavy atom. The second kappa shape index (κ2) is 8.50. The summed E-state index contributed by atoms with van der Waals surface area (Å²) in [5.41, 5.74) is -1.56. The second-order valence-electron chi connectivity index (χ2n) is 4.42. The lowest BCUT2D eigenvalue weighted by molar-refractivity contribution is -0.274. The molecule has 0 saturated carbocycles. The minimum absolute atomic E-state index is 0.0243. The van der Waals surface area contributed by atoms with Crippen molar-refractivity contribution in [2.45, 2.75) is 25.9 Å². The molecular weight excluding hydrogens is 352 g/mol. The van der Waals surface area contributed by atoms with Crippen LogP contribution in [0.3, 0.4) is 0 Å². The number of alkyl halides is 3. The van der Waals surface area contributed by atoms with Gasteiger partial charge in [0, 0.05) is 0 Å². The zero-order chi connectivity index (χ0) is 18.4. The fraction of sp³-hybridized carbons (Fsp3) is 0.500. The lowest BCUT2D eigenvalue weighted by Crippen LogP contribution is -2.19. The molecule has 0 aliphatic carbocycles. The monoisotopic (exact) mass is 370 g/mol. The van der Waals surface area contributed by atoms with Crippen molar-refractivity contribution in [1.82, 2.24) is 0 Å². The molecule has 0 N–H and O–H groups in total. The number of methoxy groups -OCH3 is 1. The maximum absolute atomic E-state index is 12.9. The summed E-state index contributed by atoms with van der Waals surface area (Å²) in [5, 5.41) is 0. The molecule has 1 atom stereocenters. The van der Waals surface area contributed by atoms with E-state index in [1.807, 2.05) is 0 Å². The molecule has 24 heavy (non-hydrogen) atoms. The number of ether oxygens (including phenoxy) is 2. The molecule has 1 aromatic carbocycles. The van der Waals surface area contributed by atoms with E-state index in [0.29, 0.717) is 0 Å². The molecule has 0 unspecified atom stereocenters. The minimum atomic E-state index is -4.90. The van der Waals surface area contributed by atoms with Gasteiger partial charge in [-0.1, -0.05) is 12.1 Å². The third-order valence-corrected chi connectivity index (χ3v) is 5.14. The van der Waals surface area contributed by atoms with Crippen molar-refractivity contribution in [3.05, 3.63) is 29.8 Å². The third kappa shape index (κ3) is 5.51. The van der Waals surface area contributed by atoms with Crippen LogP contribution in [0.2, 0.25) is 0 Å². The fourth-order valence-corrected chi connectivity index (χ4v) is 3.97. The van der Waals surface area contributed by atoms with E-state index < -0.39 is 31.3 Å². The summed E-state index contributed by atoms with van der Waals surface area (Å²) in [7, 11) is -2.94. The quantitative estimate of drug-likeness (QED) is 0.508. The molecule has 6 nitrogen and oxygen atoms in total. The maximum atomic E-state index is 12.9. The van der Waals surface area contributed by atoms with Gasteiger partial charge in [-0.15, -0.1) is 13.2 Å². The van der Waals surface area contributed by atoms with Crippen LogP contribution in [0.4, 0.5) is 13.2 Å². The molecule has 0 fully saturated rings. The minimum Gasteiger partial charge on any atom is -0.468 e. The van der Waals surface area contributed by atoms with Crippen LogP contribution in [0.1, 0.15) is 25.1 Å². The highest BCUT2D eigenvalue weighted by Crippen LogP contribution is 2.61. The number of carbonyl (C=O) groups is 1. The Morgan fingerprint density at radius 3 is 2.25 bits per heavy atom. The molecule has 0 aliphatic heterocycles. The van der Waals surface area contributed by atoms with Crippen LogP contribution < -0.4 is 4.74 Å². The average Bonchev–Trinajstić information content (AvgIpc) is 2.46. The van der Waals surface area contributed by atoms with Gasteiger partial charge in [-0.3, -0.25) is 9.36 Å². The Balaban J connectivity index is 3.33. The first-order chi connectivity index (χ1) is 11.2. The Kier molecular flexibility index (Phi) is 7.26. The van der Waals surface area contributed by atoms with Crippen LogP contribution in [0.25, 0.3) is 0 Å². The summed E-state index contributed by atoms with van der Waals surface area (Å²) in [4.78, 5) is 12.1. The Bertz CT molecular complexity index is 594. The maximum Gasteiger partial charge on any atom is 0.573 e. The molecule has 0 bridgehead atoms. The normalized spacial score (nSPS) is 13.4. The van der Waals surface area contributed by atoms with Crippen molar-refractivity contribution in [2.24, 2.45) is 0 Å². The smallest absolute Gasteiger partial charge is 0.468 e. The van der Waals surface area contributed by atoms with Crippen molar-refractivity contribution in [1.29, 1.82) is 0 Å². The molecule has 1 aromatic rings. The van der Waals surface area contributed by atoms with E-state index in [9.17, 15) is 22.5 Å². The van der Waals surface area contributed by atoms with Gasteiger partial charge >= 0.3 is 19.9 Å². The predicted octanol–water partition coefficient (Wildman–Crippen LogP) is 4.07. The van der Waals surface area contributed by atoms with E-state index in [1.54, 1.807) is 13.8 Å². The van der Waals surface area contributed by atoms with Gasteiger partial charge in [0.15, 0.2) is 5.66 Å². The van der Waals surface area contributed by atoms with Gasteiger partial charge < -0.3 is 18.5 Å². The molecule has 1 rings (SSSR count). The molecule has 136 valence electrons. The predicted molar refractivity (Wildman–Crippen MR) is 78.7 cm³/mol. The highest BCUT2D eigenvalue weighted by molar-refractivity contribution is 7.55. The molecule has 0 spiro atoms. The summed E-state index contributed by atoms with van der Waals surface area (Å²) in [6.45, 7) is 3.04. The molecule has 0 radical (unpaired) electrons. The van der Waals surface area contributed by atoms with E-state index in [4.69, 9.17) is 9.05 Å². The van der Waals surface area contributed by atoms with Crippen molar-refractivity contribution >= 4 is 13.6 Å². The first kappa shape index (κ1) is 20.5. The third-order valence-electron chi connectivity index (χ3n) is 2.77. The van der Waals surface area contributed by atoms with Crippen molar-refractivity contribution in [2.75, 3.05) is 20.3 Å². The average molecular weight is 370 g/mol. The Hall–Kier alpha value is -1.57. The van der Waals surface area contributed by atoms with Gasteiger partial charge in [0.05, 0.1) is 20.3 Å². The Morgan fingerprint density at radius 1 is 1.21 bits per heavy atom.